The maximum Gasteiger partial charge on any atom is 2.00 e. The first kappa shape index (κ1) is 17.8. The van der Waals surface area contributed by atoms with Gasteiger partial charge in [0.25, 0.3) is 0 Å². The Morgan fingerprint density at radius 2 is 1.04 bits per heavy atom. The van der Waals surface area contributed by atoms with Crippen LogP contribution in [0.2, 0.25) is 0 Å². The summed E-state index contributed by atoms with van der Waals surface area (Å²) in [6.45, 7) is 0. The first-order valence-corrected chi connectivity index (χ1v) is 7.45. The molecule has 0 aromatic heterocycles. The molecule has 4 nitrogen and oxygen atoms in total. The van der Waals surface area contributed by atoms with E-state index < -0.39 is 0 Å². The number of nitrogens with zero attached hydrogens (tertiary/aromatic N) is 4. The number of thiol groups is 2. The quantitative estimate of drug-likeness (QED) is 0.449. The molecule has 0 atom stereocenters. The molecule has 2 aliphatic heterocycles. The van der Waals surface area contributed by atoms with Crippen LogP contribution in [-0.2, 0) is 19.5 Å². The molecular formula is C16H14N4S2Zn. The van der Waals surface area contributed by atoms with Crippen molar-refractivity contribution in [2.75, 3.05) is 8.61 Å². The normalized spacial score (nSPS) is 13.5. The molecule has 0 bridgehead atoms. The van der Waals surface area contributed by atoms with Gasteiger partial charge < -0.3 is 10.6 Å². The van der Waals surface area contributed by atoms with E-state index in [2.05, 4.69) is 36.3 Å². The van der Waals surface area contributed by atoms with Gasteiger partial charge in [-0.25, -0.2) is 0 Å². The molecule has 2 aliphatic rings. The van der Waals surface area contributed by atoms with E-state index in [0.29, 0.717) is 0 Å². The summed E-state index contributed by atoms with van der Waals surface area (Å²) in [6, 6.07) is 15.7. The van der Waals surface area contributed by atoms with E-state index in [1.807, 2.05) is 60.9 Å². The van der Waals surface area contributed by atoms with E-state index in [9.17, 15) is 0 Å². The fourth-order valence-electron chi connectivity index (χ4n) is 2.05. The Hall–Kier alpha value is -1.56. The van der Waals surface area contributed by atoms with Crippen molar-refractivity contribution in [1.82, 2.24) is 0 Å². The van der Waals surface area contributed by atoms with Crippen molar-refractivity contribution >= 4 is 48.4 Å². The average Bonchev–Trinajstić information content (AvgIpc) is 2.57. The Labute approximate surface area is 160 Å². The smallest absolute Gasteiger partial charge is 0.661 e. The molecular weight excluding hydrogens is 378 g/mol. The van der Waals surface area contributed by atoms with Crippen molar-refractivity contribution in [3.63, 3.8) is 0 Å². The zero-order valence-corrected chi connectivity index (χ0v) is 17.1. The second-order valence-electron chi connectivity index (χ2n) is 4.52. The van der Waals surface area contributed by atoms with Crippen LogP contribution in [-0.4, -0.2) is 0 Å². The fourth-order valence-corrected chi connectivity index (χ4v) is 2.51. The molecule has 2 aromatic carbocycles. The monoisotopic (exact) mass is 390 g/mol. The molecule has 0 N–H and O–H groups in total. The SMILES string of the molecule is SN1C=C[N-]c2ccccc21.SN1C=C[N-]c2ccccc21.[Zn+2]. The zero-order chi connectivity index (χ0) is 15.4. The standard InChI is InChI=1S/2C8H7N2S.Zn/c2*11-10-6-5-9-7-3-1-2-4-8(7)10;/h2*1-6,11H;/q2*-1;+2. The summed E-state index contributed by atoms with van der Waals surface area (Å²) in [5.74, 6) is 0. The second kappa shape index (κ2) is 8.34. The van der Waals surface area contributed by atoms with Gasteiger partial charge in [-0.15, -0.1) is 11.4 Å². The van der Waals surface area contributed by atoms with E-state index in [-0.39, 0.29) is 19.5 Å². The summed E-state index contributed by atoms with van der Waals surface area (Å²) >= 11 is 8.45. The molecule has 4 rings (SSSR count). The summed E-state index contributed by atoms with van der Waals surface area (Å²) in [5.41, 5.74) is 3.98. The molecule has 0 spiro atoms. The minimum atomic E-state index is 0. The van der Waals surface area contributed by atoms with Gasteiger partial charge in [0.15, 0.2) is 0 Å². The summed E-state index contributed by atoms with van der Waals surface area (Å²) in [5, 5.41) is 8.34. The van der Waals surface area contributed by atoms with Crippen LogP contribution in [0.3, 0.4) is 0 Å². The van der Waals surface area contributed by atoms with Gasteiger partial charge in [-0.05, 0) is 24.5 Å². The summed E-state index contributed by atoms with van der Waals surface area (Å²) in [4.78, 5) is 0. The summed E-state index contributed by atoms with van der Waals surface area (Å²) in [7, 11) is 0. The molecule has 7 heteroatoms. The predicted octanol–water partition coefficient (Wildman–Crippen LogP) is 5.65. The van der Waals surface area contributed by atoms with Crippen molar-refractivity contribution < 1.29 is 19.5 Å². The number of benzene rings is 2. The Kier molecular flexibility index (Phi) is 6.45. The Bertz CT molecular complexity index is 659. The maximum absolute atomic E-state index is 4.23. The topological polar surface area (TPSA) is 34.7 Å². The van der Waals surface area contributed by atoms with Crippen molar-refractivity contribution in [3.8, 4) is 0 Å². The van der Waals surface area contributed by atoms with E-state index in [1.54, 1.807) is 21.0 Å². The molecule has 23 heavy (non-hydrogen) atoms. The third-order valence-corrected chi connectivity index (χ3v) is 3.80. The molecule has 0 fully saturated rings. The zero-order valence-electron chi connectivity index (χ0n) is 12.3. The van der Waals surface area contributed by atoms with E-state index in [0.717, 1.165) is 22.7 Å². The van der Waals surface area contributed by atoms with Crippen LogP contribution in [0.25, 0.3) is 10.6 Å². The van der Waals surface area contributed by atoms with Crippen LogP contribution >= 0.6 is 25.6 Å². The molecule has 2 heterocycles. The molecule has 0 saturated carbocycles. The van der Waals surface area contributed by atoms with Gasteiger partial charge in [0.2, 0.25) is 0 Å². The van der Waals surface area contributed by atoms with Crippen molar-refractivity contribution in [3.05, 3.63) is 84.0 Å². The Morgan fingerprint density at radius 3 is 1.43 bits per heavy atom. The van der Waals surface area contributed by atoms with Gasteiger partial charge in [-0.1, -0.05) is 62.0 Å². The molecule has 0 unspecified atom stereocenters. The summed E-state index contributed by atoms with van der Waals surface area (Å²) in [6.07, 6.45) is 7.08. The molecule has 0 saturated heterocycles. The third kappa shape index (κ3) is 4.25. The van der Waals surface area contributed by atoms with E-state index in [4.69, 9.17) is 0 Å². The van der Waals surface area contributed by atoms with Crippen LogP contribution in [0.5, 0.6) is 0 Å². The van der Waals surface area contributed by atoms with Gasteiger partial charge in [0, 0.05) is 11.4 Å². The number of hydrogen-bond acceptors (Lipinski definition) is 4. The van der Waals surface area contributed by atoms with Crippen LogP contribution in [0.4, 0.5) is 22.7 Å². The van der Waals surface area contributed by atoms with E-state index in [1.165, 1.54) is 0 Å². The summed E-state index contributed by atoms with van der Waals surface area (Å²) < 4.78 is 3.50. The molecule has 0 aliphatic carbocycles. The van der Waals surface area contributed by atoms with Crippen molar-refractivity contribution in [2.24, 2.45) is 0 Å². The first-order chi connectivity index (χ1) is 10.8. The van der Waals surface area contributed by atoms with Gasteiger partial charge in [0.1, 0.15) is 0 Å². The minimum Gasteiger partial charge on any atom is -0.661 e. The van der Waals surface area contributed by atoms with E-state index >= 15 is 0 Å². The minimum absolute atomic E-state index is 0. The average molecular weight is 392 g/mol. The number of hydrogen-bond donors (Lipinski definition) is 2. The second-order valence-corrected chi connectivity index (χ2v) is 5.38. The number of para-hydroxylation sites is 4. The third-order valence-electron chi connectivity index (χ3n) is 3.10. The molecule has 0 radical (unpaired) electrons. The largest absolute Gasteiger partial charge is 2.00 e. The van der Waals surface area contributed by atoms with Gasteiger partial charge in [0.05, 0.1) is 0 Å². The van der Waals surface area contributed by atoms with Gasteiger partial charge in [-0.3, -0.25) is 8.61 Å². The van der Waals surface area contributed by atoms with Crippen LogP contribution < -0.4 is 8.61 Å². The maximum atomic E-state index is 4.23. The molecule has 2 aromatic rings. The van der Waals surface area contributed by atoms with Crippen molar-refractivity contribution in [2.45, 2.75) is 0 Å². The fraction of sp³-hybridized carbons (Fsp3) is 0. The van der Waals surface area contributed by atoms with Crippen LogP contribution in [0, 0.1) is 0 Å². The Morgan fingerprint density at radius 1 is 0.652 bits per heavy atom. The van der Waals surface area contributed by atoms with Crippen LogP contribution in [0.15, 0.2) is 73.3 Å². The molecule has 0 amide bonds. The van der Waals surface area contributed by atoms with Crippen molar-refractivity contribution in [1.29, 1.82) is 0 Å². The number of anilines is 2. The number of fused-ring (bicyclic) bond motifs is 2. The molecule has 112 valence electrons. The Balaban J connectivity index is 0.000000160. The van der Waals surface area contributed by atoms with Gasteiger partial charge in [-0.2, -0.15) is 12.4 Å². The van der Waals surface area contributed by atoms with Crippen LogP contribution in [0.1, 0.15) is 0 Å². The predicted molar refractivity (Wildman–Crippen MR) is 100 cm³/mol. The first-order valence-electron chi connectivity index (χ1n) is 6.65. The number of rotatable bonds is 0. The van der Waals surface area contributed by atoms with Gasteiger partial charge >= 0.3 is 19.5 Å².